The largest absolute Gasteiger partial charge is 0.494 e. The molecule has 4 aliphatic rings. The Morgan fingerprint density at radius 2 is 1.64 bits per heavy atom. The number of rotatable bonds is 12. The van der Waals surface area contributed by atoms with Crippen LogP contribution < -0.4 is 10.1 Å². The van der Waals surface area contributed by atoms with E-state index in [1.807, 2.05) is 60.7 Å². The lowest BCUT2D eigenvalue weighted by molar-refractivity contribution is -0.177. The fourth-order valence-corrected chi connectivity index (χ4v) is 6.15. The van der Waals surface area contributed by atoms with E-state index in [2.05, 4.69) is 10.2 Å². The number of unbranched alkanes of at least 4 members (excludes halogenated alkanes) is 1. The highest BCUT2D eigenvalue weighted by Crippen LogP contribution is 2.36. The number of carbonyl (C=O) groups excluding carboxylic acids is 1. The van der Waals surface area contributed by atoms with Gasteiger partial charge in [-0.2, -0.15) is 0 Å². The number of anilines is 2. The number of carbonyl (C=O) groups is 1. The molecule has 42 heavy (non-hydrogen) atoms. The van der Waals surface area contributed by atoms with Crippen LogP contribution in [0.1, 0.15) is 43.2 Å². The zero-order chi connectivity index (χ0) is 28.8. The van der Waals surface area contributed by atoms with Gasteiger partial charge >= 0.3 is 5.97 Å². The van der Waals surface area contributed by atoms with E-state index in [0.717, 1.165) is 68.9 Å². The van der Waals surface area contributed by atoms with Gasteiger partial charge in [-0.05, 0) is 93.1 Å². The Morgan fingerprint density at radius 1 is 0.905 bits per heavy atom. The molecule has 0 amide bonds. The maximum atomic E-state index is 13.8. The molecule has 3 aromatic carbocycles. The molecule has 0 aliphatic carbocycles. The van der Waals surface area contributed by atoms with Gasteiger partial charge in [-0.3, -0.25) is 4.90 Å². The van der Waals surface area contributed by atoms with Gasteiger partial charge in [0.25, 0.3) is 0 Å². The van der Waals surface area contributed by atoms with Crippen LogP contribution in [-0.4, -0.2) is 67.8 Å². The predicted molar refractivity (Wildman–Crippen MR) is 160 cm³/mol. The van der Waals surface area contributed by atoms with E-state index < -0.39 is 11.6 Å². The summed E-state index contributed by atoms with van der Waals surface area (Å²) in [4.78, 5) is 16.1. The third kappa shape index (κ3) is 6.63. The molecular weight excluding hydrogens is 532 g/mol. The third-order valence-electron chi connectivity index (χ3n) is 8.56. The summed E-state index contributed by atoms with van der Waals surface area (Å²) in [5.41, 5.74) is 0.630. The van der Waals surface area contributed by atoms with Crippen LogP contribution in [0.5, 0.6) is 5.75 Å². The normalized spacial score (nSPS) is 23.3. The SMILES string of the molecule is O=C(O[C@H]1CN2CCC1CC2)C(O)(c1ccccc1)c1cccc(Nc2ccc(OCCCCC3OCCO3)cc2)c1. The van der Waals surface area contributed by atoms with Gasteiger partial charge in [0, 0.05) is 23.5 Å². The first kappa shape index (κ1) is 28.7. The highest BCUT2D eigenvalue weighted by molar-refractivity contribution is 5.86. The zero-order valence-electron chi connectivity index (χ0n) is 24.0. The minimum absolute atomic E-state index is 0.0617. The molecular formula is C34H40N2O6. The summed E-state index contributed by atoms with van der Waals surface area (Å²) in [5, 5.41) is 15.5. The van der Waals surface area contributed by atoms with Crippen molar-refractivity contribution in [1.82, 2.24) is 4.90 Å². The highest BCUT2D eigenvalue weighted by Gasteiger charge is 2.45. The summed E-state index contributed by atoms with van der Waals surface area (Å²) in [6.45, 7) is 4.84. The molecule has 8 heteroatoms. The van der Waals surface area contributed by atoms with Crippen LogP contribution in [0.2, 0.25) is 0 Å². The Bertz CT molecular complexity index is 1310. The van der Waals surface area contributed by atoms with Crippen molar-refractivity contribution in [2.24, 2.45) is 5.92 Å². The average molecular weight is 573 g/mol. The summed E-state index contributed by atoms with van der Waals surface area (Å²) in [6.07, 6.45) is 4.60. The highest BCUT2D eigenvalue weighted by atomic mass is 16.7. The van der Waals surface area contributed by atoms with E-state index in [1.165, 1.54) is 0 Å². The number of hydrogen-bond donors (Lipinski definition) is 2. The zero-order valence-corrected chi connectivity index (χ0v) is 24.0. The van der Waals surface area contributed by atoms with Gasteiger partial charge in [0.15, 0.2) is 6.29 Å². The van der Waals surface area contributed by atoms with E-state index in [4.69, 9.17) is 18.9 Å². The second kappa shape index (κ2) is 13.3. The summed E-state index contributed by atoms with van der Waals surface area (Å²) in [6, 6.07) is 24.2. The van der Waals surface area contributed by atoms with E-state index in [-0.39, 0.29) is 12.4 Å². The maximum Gasteiger partial charge on any atom is 0.348 e. The van der Waals surface area contributed by atoms with Crippen LogP contribution in [0.25, 0.3) is 0 Å². The van der Waals surface area contributed by atoms with Crippen molar-refractivity contribution in [1.29, 1.82) is 0 Å². The average Bonchev–Trinajstić information content (AvgIpc) is 3.56. The molecule has 0 aromatic heterocycles. The molecule has 2 atom stereocenters. The molecule has 8 nitrogen and oxygen atoms in total. The molecule has 4 fully saturated rings. The molecule has 1 unspecified atom stereocenters. The number of ether oxygens (including phenoxy) is 4. The fourth-order valence-electron chi connectivity index (χ4n) is 6.15. The lowest BCUT2D eigenvalue weighted by Gasteiger charge is -2.44. The predicted octanol–water partition coefficient (Wildman–Crippen LogP) is 5.23. The lowest BCUT2D eigenvalue weighted by Crippen LogP contribution is -2.53. The molecule has 0 radical (unpaired) electrons. The Morgan fingerprint density at radius 3 is 2.36 bits per heavy atom. The van der Waals surface area contributed by atoms with Crippen molar-refractivity contribution < 1.29 is 28.8 Å². The summed E-state index contributed by atoms with van der Waals surface area (Å²) < 4.78 is 22.9. The minimum Gasteiger partial charge on any atom is -0.494 e. The monoisotopic (exact) mass is 572 g/mol. The van der Waals surface area contributed by atoms with Gasteiger partial charge in [0.2, 0.25) is 5.60 Å². The second-order valence-electron chi connectivity index (χ2n) is 11.4. The summed E-state index contributed by atoms with van der Waals surface area (Å²) in [5.74, 6) is 0.519. The van der Waals surface area contributed by atoms with E-state index in [0.29, 0.717) is 36.9 Å². The number of benzene rings is 3. The van der Waals surface area contributed by atoms with Crippen LogP contribution in [-0.2, 0) is 24.6 Å². The maximum absolute atomic E-state index is 13.8. The lowest BCUT2D eigenvalue weighted by atomic mass is 9.84. The molecule has 4 heterocycles. The van der Waals surface area contributed by atoms with Gasteiger partial charge in [-0.25, -0.2) is 4.79 Å². The van der Waals surface area contributed by atoms with Crippen LogP contribution in [0.15, 0.2) is 78.9 Å². The van der Waals surface area contributed by atoms with Gasteiger partial charge < -0.3 is 29.4 Å². The Balaban J connectivity index is 1.11. The number of piperidine rings is 3. The van der Waals surface area contributed by atoms with Crippen molar-refractivity contribution in [2.45, 2.75) is 50.1 Å². The first-order valence-corrected chi connectivity index (χ1v) is 15.1. The number of hydrogen-bond acceptors (Lipinski definition) is 8. The van der Waals surface area contributed by atoms with Crippen LogP contribution in [0.4, 0.5) is 11.4 Å². The van der Waals surface area contributed by atoms with Gasteiger partial charge in [-0.1, -0.05) is 42.5 Å². The smallest absolute Gasteiger partial charge is 0.348 e. The Kier molecular flexibility index (Phi) is 9.05. The molecule has 2 N–H and O–H groups in total. The quantitative estimate of drug-likeness (QED) is 0.226. The molecule has 4 saturated heterocycles. The molecule has 7 rings (SSSR count). The van der Waals surface area contributed by atoms with Crippen molar-refractivity contribution in [2.75, 3.05) is 44.8 Å². The Hall–Kier alpha value is -3.43. The molecule has 0 saturated carbocycles. The molecule has 2 bridgehead atoms. The standard InChI is InChI=1S/C34H40N2O6/c37-33(42-31-24-36-18-16-25(31)17-19-36)34(38,26-7-2-1-3-8-26)27-9-6-10-29(23-27)35-28-12-14-30(15-13-28)39-20-5-4-11-32-40-21-22-41-32/h1-3,6-10,12-15,23,25,31-32,35,38H,4-5,11,16-22,24H2/t31-,34?/m0/s1. The fraction of sp³-hybridized carbons (Fsp3) is 0.441. The van der Waals surface area contributed by atoms with E-state index in [1.54, 1.807) is 18.2 Å². The molecule has 0 spiro atoms. The third-order valence-corrected chi connectivity index (χ3v) is 8.56. The van der Waals surface area contributed by atoms with E-state index in [9.17, 15) is 9.90 Å². The van der Waals surface area contributed by atoms with Gasteiger partial charge in [-0.15, -0.1) is 0 Å². The number of nitrogens with zero attached hydrogens (tertiary/aromatic N) is 1. The molecule has 3 aromatic rings. The number of aliphatic hydroxyl groups is 1. The van der Waals surface area contributed by atoms with Crippen molar-refractivity contribution >= 4 is 17.3 Å². The van der Waals surface area contributed by atoms with E-state index >= 15 is 0 Å². The second-order valence-corrected chi connectivity index (χ2v) is 11.4. The molecule has 4 aliphatic heterocycles. The molecule has 222 valence electrons. The van der Waals surface area contributed by atoms with Crippen LogP contribution in [0, 0.1) is 5.92 Å². The summed E-state index contributed by atoms with van der Waals surface area (Å²) in [7, 11) is 0. The number of fused-ring (bicyclic) bond motifs is 3. The topological polar surface area (TPSA) is 89.5 Å². The first-order chi connectivity index (χ1) is 20.6. The Labute approximate surface area is 247 Å². The van der Waals surface area contributed by atoms with Crippen LogP contribution in [0.3, 0.4) is 0 Å². The van der Waals surface area contributed by atoms with Crippen LogP contribution >= 0.6 is 0 Å². The number of esters is 1. The summed E-state index contributed by atoms with van der Waals surface area (Å²) >= 11 is 0. The first-order valence-electron chi connectivity index (χ1n) is 15.1. The van der Waals surface area contributed by atoms with Crippen molar-refractivity contribution in [3.05, 3.63) is 90.0 Å². The van der Waals surface area contributed by atoms with Gasteiger partial charge in [0.1, 0.15) is 11.9 Å². The van der Waals surface area contributed by atoms with Crippen molar-refractivity contribution in [3.8, 4) is 5.75 Å². The number of nitrogens with one attached hydrogen (secondary N) is 1. The van der Waals surface area contributed by atoms with Crippen molar-refractivity contribution in [3.63, 3.8) is 0 Å². The minimum atomic E-state index is -1.93. The van der Waals surface area contributed by atoms with Gasteiger partial charge in [0.05, 0.1) is 19.8 Å².